The van der Waals surface area contributed by atoms with Gasteiger partial charge in [0.2, 0.25) is 0 Å². The highest BCUT2D eigenvalue weighted by Crippen LogP contribution is 2.43. The van der Waals surface area contributed by atoms with Crippen LogP contribution in [0.5, 0.6) is 11.5 Å². The van der Waals surface area contributed by atoms with Crippen LogP contribution in [0.4, 0.5) is 0 Å². The number of hydrogen-bond acceptors (Lipinski definition) is 6. The van der Waals surface area contributed by atoms with E-state index in [0.717, 1.165) is 64.3 Å². The smallest absolute Gasteiger partial charge is 0.306 e. The van der Waals surface area contributed by atoms with Crippen LogP contribution in [-0.2, 0) is 19.1 Å². The van der Waals surface area contributed by atoms with Gasteiger partial charge in [-0.1, -0.05) is 68.7 Å². The maximum absolute atomic E-state index is 12.1. The number of carbonyl (C=O) groups is 2. The fraction of sp³-hybridized carbons (Fsp3) is 0.484. The molecule has 0 amide bonds. The number of unbranched alkanes of at least 4 members (excludes halogenated alkanes) is 2. The lowest BCUT2D eigenvalue weighted by Crippen LogP contribution is -2.22. The Morgan fingerprint density at radius 2 is 1.16 bits per heavy atom. The molecule has 200 valence electrons. The summed E-state index contributed by atoms with van der Waals surface area (Å²) < 4.78 is 23.7. The van der Waals surface area contributed by atoms with Gasteiger partial charge in [0.15, 0.2) is 0 Å². The molecule has 37 heavy (non-hydrogen) atoms. The van der Waals surface area contributed by atoms with E-state index in [2.05, 4.69) is 6.07 Å². The van der Waals surface area contributed by atoms with Gasteiger partial charge in [-0.15, -0.1) is 0 Å². The summed E-state index contributed by atoms with van der Waals surface area (Å²) in [6.45, 7) is 10.3. The van der Waals surface area contributed by atoms with Crippen molar-refractivity contribution in [1.82, 2.24) is 0 Å². The third-order valence-electron chi connectivity index (χ3n) is 6.14. The minimum absolute atomic E-state index is 0.197. The zero-order valence-electron chi connectivity index (χ0n) is 22.8. The number of rotatable bonds is 14. The van der Waals surface area contributed by atoms with Gasteiger partial charge >= 0.3 is 11.9 Å². The Balaban J connectivity index is 1.87. The maximum Gasteiger partial charge on any atom is 0.306 e. The number of fused-ring (bicyclic) bond motifs is 2. The largest absolute Gasteiger partial charge is 0.488 e. The summed E-state index contributed by atoms with van der Waals surface area (Å²) in [5.74, 6) is 1.07. The number of esters is 2. The summed E-state index contributed by atoms with van der Waals surface area (Å²) in [5.41, 5.74) is 1.09. The second kappa shape index (κ2) is 13.9. The first-order valence-corrected chi connectivity index (χ1v) is 13.4. The Morgan fingerprint density at radius 1 is 0.703 bits per heavy atom. The molecule has 0 heterocycles. The molecule has 2 atom stereocenters. The number of hydrogen-bond donors (Lipinski definition) is 0. The van der Waals surface area contributed by atoms with Gasteiger partial charge in [0.25, 0.3) is 0 Å². The minimum atomic E-state index is -0.373. The van der Waals surface area contributed by atoms with Gasteiger partial charge in [0.05, 0.1) is 0 Å². The van der Waals surface area contributed by atoms with E-state index in [1.807, 2.05) is 71.0 Å². The third-order valence-corrected chi connectivity index (χ3v) is 6.14. The molecule has 0 saturated carbocycles. The molecule has 3 aromatic carbocycles. The highest BCUT2D eigenvalue weighted by molar-refractivity contribution is 6.11. The van der Waals surface area contributed by atoms with Crippen LogP contribution < -0.4 is 9.47 Å². The van der Waals surface area contributed by atoms with Gasteiger partial charge in [0.1, 0.15) is 36.9 Å². The van der Waals surface area contributed by atoms with Crippen molar-refractivity contribution >= 4 is 33.5 Å². The molecule has 0 radical (unpaired) electrons. The molecular formula is C31H40O6. The van der Waals surface area contributed by atoms with E-state index in [1.54, 1.807) is 0 Å². The van der Waals surface area contributed by atoms with Crippen molar-refractivity contribution < 1.29 is 28.5 Å². The van der Waals surface area contributed by atoms with E-state index in [9.17, 15) is 9.59 Å². The van der Waals surface area contributed by atoms with Crippen molar-refractivity contribution in [2.45, 2.75) is 85.4 Å². The van der Waals surface area contributed by atoms with Crippen LogP contribution in [0.2, 0.25) is 0 Å². The van der Waals surface area contributed by atoms with Crippen molar-refractivity contribution in [2.75, 3.05) is 13.2 Å². The second-order valence-corrected chi connectivity index (χ2v) is 9.68. The number of benzene rings is 3. The third kappa shape index (κ3) is 7.85. The molecule has 0 spiro atoms. The van der Waals surface area contributed by atoms with Gasteiger partial charge in [-0.25, -0.2) is 0 Å². The van der Waals surface area contributed by atoms with Crippen LogP contribution >= 0.6 is 0 Å². The zero-order chi connectivity index (χ0) is 26.8. The van der Waals surface area contributed by atoms with E-state index in [1.165, 1.54) is 0 Å². The number of carbonyl (C=O) groups excluding carboxylic acids is 2. The van der Waals surface area contributed by atoms with Crippen LogP contribution in [0.25, 0.3) is 21.5 Å². The Morgan fingerprint density at radius 3 is 1.65 bits per heavy atom. The first-order valence-electron chi connectivity index (χ1n) is 13.4. The number of ether oxygens (including phenoxy) is 4. The van der Waals surface area contributed by atoms with E-state index in [0.29, 0.717) is 12.8 Å². The Labute approximate surface area is 220 Å². The van der Waals surface area contributed by atoms with Crippen LogP contribution in [-0.4, -0.2) is 37.4 Å². The van der Waals surface area contributed by atoms with E-state index in [4.69, 9.17) is 18.9 Å². The summed E-state index contributed by atoms with van der Waals surface area (Å²) in [6, 6.07) is 14.1. The Kier molecular flexibility index (Phi) is 10.6. The average Bonchev–Trinajstić information content (AvgIpc) is 2.88. The predicted molar refractivity (Wildman–Crippen MR) is 147 cm³/mol. The van der Waals surface area contributed by atoms with Crippen molar-refractivity contribution in [1.29, 1.82) is 0 Å². The van der Waals surface area contributed by atoms with Crippen LogP contribution in [0.3, 0.4) is 0 Å². The number of aryl methyl sites for hydroxylation is 1. The lowest BCUT2D eigenvalue weighted by molar-refractivity contribution is -0.150. The van der Waals surface area contributed by atoms with E-state index >= 15 is 0 Å². The SMILES string of the molecule is CCCCC(=O)OC(C)COc1c2ccccc2c(OCC(C)OC(=O)CCCC)c2cc(C)ccc12. The summed E-state index contributed by atoms with van der Waals surface area (Å²) >= 11 is 0. The maximum atomic E-state index is 12.1. The van der Waals surface area contributed by atoms with Gasteiger partial charge < -0.3 is 18.9 Å². The first kappa shape index (κ1) is 28.3. The predicted octanol–water partition coefficient (Wildman–Crippen LogP) is 7.30. The van der Waals surface area contributed by atoms with E-state index < -0.39 is 0 Å². The summed E-state index contributed by atoms with van der Waals surface area (Å²) in [4.78, 5) is 24.1. The summed E-state index contributed by atoms with van der Waals surface area (Å²) in [5, 5.41) is 3.65. The fourth-order valence-corrected chi connectivity index (χ4v) is 4.20. The molecule has 0 N–H and O–H groups in total. The van der Waals surface area contributed by atoms with Gasteiger partial charge in [-0.05, 0) is 39.7 Å². The van der Waals surface area contributed by atoms with Crippen molar-refractivity contribution in [3.8, 4) is 11.5 Å². The van der Waals surface area contributed by atoms with Crippen molar-refractivity contribution in [2.24, 2.45) is 0 Å². The Hall–Kier alpha value is -3.28. The molecule has 0 aliphatic heterocycles. The van der Waals surface area contributed by atoms with Gasteiger partial charge in [-0.3, -0.25) is 9.59 Å². The zero-order valence-corrected chi connectivity index (χ0v) is 22.8. The Bertz CT molecular complexity index is 1200. The lowest BCUT2D eigenvalue weighted by Gasteiger charge is -2.21. The molecule has 0 aliphatic rings. The molecule has 0 fully saturated rings. The van der Waals surface area contributed by atoms with Gasteiger partial charge in [-0.2, -0.15) is 0 Å². The second-order valence-electron chi connectivity index (χ2n) is 9.68. The molecule has 2 unspecified atom stereocenters. The summed E-state index contributed by atoms with van der Waals surface area (Å²) in [6.07, 6.45) is 3.63. The standard InChI is InChI=1S/C31H40O6/c1-6-8-14-28(32)36-22(4)19-34-30-24-12-10-11-13-25(24)31(27-18-21(3)16-17-26(27)30)35-20-23(5)37-29(33)15-9-7-2/h10-13,16-18,22-23H,6-9,14-15,19-20H2,1-5H3. The van der Waals surface area contributed by atoms with Crippen molar-refractivity contribution in [3.63, 3.8) is 0 Å². The summed E-state index contributed by atoms with van der Waals surface area (Å²) in [7, 11) is 0. The average molecular weight is 509 g/mol. The molecule has 6 nitrogen and oxygen atoms in total. The molecule has 0 aromatic heterocycles. The molecule has 3 rings (SSSR count). The van der Waals surface area contributed by atoms with E-state index in [-0.39, 0.29) is 37.4 Å². The lowest BCUT2D eigenvalue weighted by atomic mass is 9.99. The molecule has 0 aliphatic carbocycles. The highest BCUT2D eigenvalue weighted by Gasteiger charge is 2.19. The molecular weight excluding hydrogens is 468 g/mol. The van der Waals surface area contributed by atoms with Crippen LogP contribution in [0.15, 0.2) is 42.5 Å². The molecule has 0 saturated heterocycles. The molecule has 6 heteroatoms. The topological polar surface area (TPSA) is 71.1 Å². The van der Waals surface area contributed by atoms with Crippen molar-refractivity contribution in [3.05, 3.63) is 48.0 Å². The first-order chi connectivity index (χ1) is 17.8. The molecule has 0 bridgehead atoms. The quantitative estimate of drug-likeness (QED) is 0.168. The van der Waals surface area contributed by atoms with Crippen LogP contribution in [0.1, 0.15) is 71.8 Å². The monoisotopic (exact) mass is 508 g/mol. The normalized spacial score (nSPS) is 12.8. The highest BCUT2D eigenvalue weighted by atomic mass is 16.6. The van der Waals surface area contributed by atoms with Crippen LogP contribution in [0, 0.1) is 6.92 Å². The minimum Gasteiger partial charge on any atom is -0.488 e. The fourth-order valence-electron chi connectivity index (χ4n) is 4.20. The van der Waals surface area contributed by atoms with Gasteiger partial charge in [0, 0.05) is 34.4 Å². The molecule has 3 aromatic rings.